The lowest BCUT2D eigenvalue weighted by molar-refractivity contribution is -0.126. The minimum Gasteiger partial charge on any atom is -0.384 e. The average Bonchev–Trinajstić information content (AvgIpc) is 2.85. The Morgan fingerprint density at radius 1 is 0.941 bits per heavy atom. The summed E-state index contributed by atoms with van der Waals surface area (Å²) in [4.78, 5) is 40.5. The number of hydrogen-bond donors (Lipinski definition) is 4. The minimum atomic E-state index is -1.07. The predicted octanol–water partition coefficient (Wildman–Crippen LogP) is 2.48. The van der Waals surface area contributed by atoms with E-state index in [9.17, 15) is 14.4 Å². The molecule has 0 aromatic heterocycles. The van der Waals surface area contributed by atoms with E-state index in [-0.39, 0.29) is 24.4 Å². The Bertz CT molecular complexity index is 1200. The van der Waals surface area contributed by atoms with Gasteiger partial charge in [-0.25, -0.2) is 4.90 Å². The molecule has 3 aromatic carbocycles. The Labute approximate surface area is 202 Å². The summed E-state index contributed by atoms with van der Waals surface area (Å²) in [7, 11) is 0. The number of carbonyl (C=O) groups excluding carboxylic acids is 3. The zero-order valence-electron chi connectivity index (χ0n) is 18.2. The van der Waals surface area contributed by atoms with Crippen LogP contribution in [-0.4, -0.2) is 36.1 Å². The zero-order valence-corrected chi connectivity index (χ0v) is 19.0. The van der Waals surface area contributed by atoms with Crippen LogP contribution in [0.15, 0.2) is 78.9 Å². The van der Waals surface area contributed by atoms with Gasteiger partial charge in [0.25, 0.3) is 11.8 Å². The number of amidine groups is 1. The SMILES string of the molecule is N=C(N)c1cccc(C(=O)N(C(=O)[C@H](Cc2ccc(Cl)cc2)NC(=O)CN)c2ccccc2)c1. The van der Waals surface area contributed by atoms with E-state index in [0.29, 0.717) is 16.3 Å². The fourth-order valence-corrected chi connectivity index (χ4v) is 3.46. The maximum Gasteiger partial charge on any atom is 0.265 e. The van der Waals surface area contributed by atoms with E-state index in [0.717, 1.165) is 10.5 Å². The summed E-state index contributed by atoms with van der Waals surface area (Å²) in [5.41, 5.74) is 12.6. The number of rotatable bonds is 8. The molecule has 0 saturated carbocycles. The molecule has 8 nitrogen and oxygen atoms in total. The molecule has 3 amide bonds. The maximum absolute atomic E-state index is 13.8. The lowest BCUT2D eigenvalue weighted by Gasteiger charge is -2.27. The van der Waals surface area contributed by atoms with Gasteiger partial charge in [0, 0.05) is 22.6 Å². The third-order valence-electron chi connectivity index (χ3n) is 5.03. The molecule has 0 spiro atoms. The van der Waals surface area contributed by atoms with E-state index < -0.39 is 23.8 Å². The lowest BCUT2D eigenvalue weighted by Crippen LogP contribution is -2.53. The van der Waals surface area contributed by atoms with Gasteiger partial charge in [-0.3, -0.25) is 19.8 Å². The van der Waals surface area contributed by atoms with Crippen LogP contribution in [0, 0.1) is 5.41 Å². The van der Waals surface area contributed by atoms with Gasteiger partial charge in [-0.2, -0.15) is 0 Å². The molecule has 0 aliphatic rings. The second-order valence-corrected chi connectivity index (χ2v) is 7.90. The zero-order chi connectivity index (χ0) is 24.7. The number of hydrogen-bond acceptors (Lipinski definition) is 5. The third kappa shape index (κ3) is 6.06. The molecule has 0 heterocycles. The highest BCUT2D eigenvalue weighted by Gasteiger charge is 2.32. The number of benzene rings is 3. The van der Waals surface area contributed by atoms with Crippen molar-refractivity contribution in [3.05, 3.63) is 101 Å². The van der Waals surface area contributed by atoms with Crippen molar-refractivity contribution in [2.45, 2.75) is 12.5 Å². The molecule has 0 saturated heterocycles. The summed E-state index contributed by atoms with van der Waals surface area (Å²) >= 11 is 5.96. The van der Waals surface area contributed by atoms with Crippen molar-refractivity contribution < 1.29 is 14.4 Å². The first-order valence-electron chi connectivity index (χ1n) is 10.4. The van der Waals surface area contributed by atoms with Crippen molar-refractivity contribution in [1.82, 2.24) is 5.32 Å². The predicted molar refractivity (Wildman–Crippen MR) is 132 cm³/mol. The van der Waals surface area contributed by atoms with Crippen LogP contribution >= 0.6 is 11.6 Å². The van der Waals surface area contributed by atoms with Crippen LogP contribution in [0.1, 0.15) is 21.5 Å². The van der Waals surface area contributed by atoms with E-state index >= 15 is 0 Å². The number of imide groups is 1. The normalized spacial score (nSPS) is 11.4. The highest BCUT2D eigenvalue weighted by molar-refractivity contribution is 6.30. The number of nitrogen functional groups attached to an aromatic ring is 1. The molecule has 0 aliphatic carbocycles. The maximum atomic E-state index is 13.8. The minimum absolute atomic E-state index is 0.117. The van der Waals surface area contributed by atoms with Gasteiger partial charge in [0.1, 0.15) is 11.9 Å². The summed E-state index contributed by atoms with van der Waals surface area (Å²) in [6.07, 6.45) is 0.117. The molecule has 0 bridgehead atoms. The molecule has 3 rings (SSSR count). The van der Waals surface area contributed by atoms with Crippen molar-refractivity contribution in [2.24, 2.45) is 11.5 Å². The quantitative estimate of drug-likeness (QED) is 0.291. The van der Waals surface area contributed by atoms with Gasteiger partial charge in [-0.05, 0) is 42.0 Å². The monoisotopic (exact) mass is 477 g/mol. The molecule has 1 atom stereocenters. The van der Waals surface area contributed by atoms with E-state index in [1.807, 2.05) is 0 Å². The number of anilines is 1. The molecule has 34 heavy (non-hydrogen) atoms. The van der Waals surface area contributed by atoms with Crippen molar-refractivity contribution in [3.8, 4) is 0 Å². The van der Waals surface area contributed by atoms with Crippen LogP contribution in [-0.2, 0) is 16.0 Å². The summed E-state index contributed by atoms with van der Waals surface area (Å²) in [5.74, 6) is -2.00. The largest absolute Gasteiger partial charge is 0.384 e. The van der Waals surface area contributed by atoms with Crippen molar-refractivity contribution >= 4 is 40.8 Å². The van der Waals surface area contributed by atoms with Gasteiger partial charge in [0.15, 0.2) is 0 Å². The van der Waals surface area contributed by atoms with E-state index in [1.165, 1.54) is 12.1 Å². The van der Waals surface area contributed by atoms with E-state index in [4.69, 9.17) is 28.5 Å². The van der Waals surface area contributed by atoms with Crippen LogP contribution in [0.5, 0.6) is 0 Å². The third-order valence-corrected chi connectivity index (χ3v) is 5.28. The Morgan fingerprint density at radius 3 is 2.21 bits per heavy atom. The molecule has 0 radical (unpaired) electrons. The van der Waals surface area contributed by atoms with Gasteiger partial charge in [-0.15, -0.1) is 0 Å². The van der Waals surface area contributed by atoms with Gasteiger partial charge < -0.3 is 16.8 Å². The lowest BCUT2D eigenvalue weighted by atomic mass is 10.0. The molecular weight excluding hydrogens is 454 g/mol. The van der Waals surface area contributed by atoms with Crippen molar-refractivity contribution in [3.63, 3.8) is 0 Å². The molecule has 0 fully saturated rings. The smallest absolute Gasteiger partial charge is 0.265 e. The van der Waals surface area contributed by atoms with Gasteiger partial charge in [0.2, 0.25) is 5.91 Å². The second-order valence-electron chi connectivity index (χ2n) is 7.46. The number of halogens is 1. The first-order chi connectivity index (χ1) is 16.3. The fraction of sp³-hybridized carbons (Fsp3) is 0.120. The van der Waals surface area contributed by atoms with Crippen molar-refractivity contribution in [2.75, 3.05) is 11.4 Å². The van der Waals surface area contributed by atoms with E-state index in [1.54, 1.807) is 66.7 Å². The molecule has 6 N–H and O–H groups in total. The van der Waals surface area contributed by atoms with Crippen LogP contribution in [0.2, 0.25) is 5.02 Å². The van der Waals surface area contributed by atoms with E-state index in [2.05, 4.69) is 5.32 Å². The summed E-state index contributed by atoms with van der Waals surface area (Å²) < 4.78 is 0. The summed E-state index contributed by atoms with van der Waals surface area (Å²) in [6, 6.07) is 20.3. The first kappa shape index (κ1) is 24.6. The number of nitrogens with zero attached hydrogens (tertiary/aromatic N) is 1. The Hall–Kier alpha value is -4.01. The first-order valence-corrected chi connectivity index (χ1v) is 10.8. The number of nitrogens with one attached hydrogen (secondary N) is 2. The second kappa shape index (κ2) is 11.2. The number of carbonyl (C=O) groups is 3. The van der Waals surface area contributed by atoms with Crippen LogP contribution < -0.4 is 21.7 Å². The Balaban J connectivity index is 2.03. The number of nitrogens with two attached hydrogens (primary N) is 2. The number of para-hydroxylation sites is 1. The Kier molecular flexibility index (Phi) is 8.13. The fourth-order valence-electron chi connectivity index (χ4n) is 3.34. The standard InChI is InChI=1S/C25H24ClN5O3/c26-19-11-9-16(10-12-19)13-21(30-22(32)15-27)25(34)31(20-7-2-1-3-8-20)24(33)18-6-4-5-17(14-18)23(28)29/h1-12,14,21H,13,15,27H2,(H3,28,29)(H,30,32)/t21-/m0/s1. The highest BCUT2D eigenvalue weighted by Crippen LogP contribution is 2.21. The summed E-state index contributed by atoms with van der Waals surface area (Å²) in [6.45, 7) is -0.315. The van der Waals surface area contributed by atoms with Gasteiger partial charge in [-0.1, -0.05) is 54.1 Å². The topological polar surface area (TPSA) is 142 Å². The molecule has 3 aromatic rings. The van der Waals surface area contributed by atoms with Crippen molar-refractivity contribution in [1.29, 1.82) is 5.41 Å². The average molecular weight is 478 g/mol. The molecule has 9 heteroatoms. The number of amides is 3. The molecular formula is C25H24ClN5O3. The molecule has 174 valence electrons. The van der Waals surface area contributed by atoms with Gasteiger partial charge >= 0.3 is 0 Å². The van der Waals surface area contributed by atoms with Crippen LogP contribution in [0.4, 0.5) is 5.69 Å². The Morgan fingerprint density at radius 2 is 1.59 bits per heavy atom. The van der Waals surface area contributed by atoms with Crippen LogP contribution in [0.3, 0.4) is 0 Å². The molecule has 0 aliphatic heterocycles. The molecule has 0 unspecified atom stereocenters. The van der Waals surface area contributed by atoms with Gasteiger partial charge in [0.05, 0.1) is 12.2 Å². The summed E-state index contributed by atoms with van der Waals surface area (Å²) in [5, 5.41) is 10.8. The highest BCUT2D eigenvalue weighted by atomic mass is 35.5. The van der Waals surface area contributed by atoms with Crippen LogP contribution in [0.25, 0.3) is 0 Å².